The van der Waals surface area contributed by atoms with Gasteiger partial charge in [0, 0.05) is 15.8 Å². The molecule has 1 unspecified atom stereocenters. The maximum Gasteiger partial charge on any atom is 0.120 e. The van der Waals surface area contributed by atoms with E-state index in [0.29, 0.717) is 4.83 Å². The Balaban J connectivity index is 1.67. The quantitative estimate of drug-likeness (QED) is 0.694. The summed E-state index contributed by atoms with van der Waals surface area (Å²) in [5.74, 6) is 1.78. The third-order valence-electron chi connectivity index (χ3n) is 3.75. The number of nitrogens with zero attached hydrogens (tertiary/aromatic N) is 1. The van der Waals surface area contributed by atoms with Gasteiger partial charge in [-0.1, -0.05) is 44.8 Å². The molecule has 0 amide bonds. The van der Waals surface area contributed by atoms with E-state index in [2.05, 4.69) is 43.7 Å². The Bertz CT molecular complexity index is 389. The van der Waals surface area contributed by atoms with Crippen LogP contribution in [0, 0.1) is 5.92 Å². The van der Waals surface area contributed by atoms with Gasteiger partial charge >= 0.3 is 0 Å². The Morgan fingerprint density at radius 1 is 1.37 bits per heavy atom. The van der Waals surface area contributed by atoms with Crippen LogP contribution >= 0.6 is 31.9 Å². The first kappa shape index (κ1) is 15.3. The van der Waals surface area contributed by atoms with E-state index in [1.807, 2.05) is 24.3 Å². The predicted octanol–water partition coefficient (Wildman–Crippen LogP) is 4.32. The fourth-order valence-electron chi connectivity index (χ4n) is 2.49. The molecule has 2 rings (SSSR count). The van der Waals surface area contributed by atoms with Gasteiger partial charge in [-0.15, -0.1) is 0 Å². The third kappa shape index (κ3) is 5.09. The van der Waals surface area contributed by atoms with Crippen LogP contribution in [0.5, 0.6) is 5.75 Å². The SMILES string of the molecule is CC(Br)C1CCN(CCOc2cccc(Br)c2)CC1. The lowest BCUT2D eigenvalue weighted by molar-refractivity contribution is 0.155. The van der Waals surface area contributed by atoms with Gasteiger partial charge < -0.3 is 4.74 Å². The molecule has 0 saturated carbocycles. The lowest BCUT2D eigenvalue weighted by atomic mass is 9.94. The molecule has 1 heterocycles. The molecule has 1 saturated heterocycles. The standard InChI is InChI=1S/C15H21Br2NO/c1-12(16)13-5-7-18(8-6-13)9-10-19-15-4-2-3-14(17)11-15/h2-4,11-13H,5-10H2,1H3. The number of hydrogen-bond donors (Lipinski definition) is 0. The summed E-state index contributed by atoms with van der Waals surface area (Å²) < 4.78 is 6.85. The van der Waals surface area contributed by atoms with Crippen LogP contribution in [-0.2, 0) is 0 Å². The summed E-state index contributed by atoms with van der Waals surface area (Å²) in [6, 6.07) is 8.03. The first-order chi connectivity index (χ1) is 9.15. The molecule has 0 N–H and O–H groups in total. The molecule has 0 aromatic heterocycles. The molecule has 0 spiro atoms. The van der Waals surface area contributed by atoms with E-state index in [9.17, 15) is 0 Å². The molecule has 0 radical (unpaired) electrons. The summed E-state index contributed by atoms with van der Waals surface area (Å²) in [4.78, 5) is 3.15. The largest absolute Gasteiger partial charge is 0.492 e. The van der Waals surface area contributed by atoms with Crippen LogP contribution in [0.25, 0.3) is 0 Å². The fraction of sp³-hybridized carbons (Fsp3) is 0.600. The molecule has 19 heavy (non-hydrogen) atoms. The Morgan fingerprint density at radius 2 is 2.11 bits per heavy atom. The molecular formula is C15H21Br2NO. The minimum Gasteiger partial charge on any atom is -0.492 e. The molecule has 106 valence electrons. The second-order valence-corrected chi connectivity index (χ2v) is 7.52. The van der Waals surface area contributed by atoms with Gasteiger partial charge in [0.05, 0.1) is 0 Å². The highest BCUT2D eigenvalue weighted by atomic mass is 79.9. The van der Waals surface area contributed by atoms with Gasteiger partial charge in [-0.25, -0.2) is 0 Å². The predicted molar refractivity (Wildman–Crippen MR) is 87.2 cm³/mol. The molecule has 4 heteroatoms. The van der Waals surface area contributed by atoms with Crippen molar-refractivity contribution in [2.24, 2.45) is 5.92 Å². The van der Waals surface area contributed by atoms with Crippen molar-refractivity contribution in [2.45, 2.75) is 24.6 Å². The van der Waals surface area contributed by atoms with Crippen LogP contribution < -0.4 is 4.74 Å². The number of benzene rings is 1. The van der Waals surface area contributed by atoms with Crippen LogP contribution in [0.4, 0.5) is 0 Å². The summed E-state index contributed by atoms with van der Waals surface area (Å²) in [6.45, 7) is 6.45. The number of hydrogen-bond acceptors (Lipinski definition) is 2. The van der Waals surface area contributed by atoms with Crippen LogP contribution in [0.3, 0.4) is 0 Å². The Kier molecular flexibility index (Phi) is 6.17. The lowest BCUT2D eigenvalue weighted by Crippen LogP contribution is -2.38. The van der Waals surface area contributed by atoms with Crippen LogP contribution in [-0.4, -0.2) is 36.0 Å². The topological polar surface area (TPSA) is 12.5 Å². The van der Waals surface area contributed by atoms with Gasteiger partial charge in [-0.3, -0.25) is 4.90 Å². The van der Waals surface area contributed by atoms with Crippen molar-refractivity contribution >= 4 is 31.9 Å². The molecule has 1 aromatic rings. The van der Waals surface area contributed by atoms with E-state index in [1.54, 1.807) is 0 Å². The number of halogens is 2. The molecule has 1 fully saturated rings. The highest BCUT2D eigenvalue weighted by Crippen LogP contribution is 2.24. The molecule has 0 bridgehead atoms. The molecule has 2 nitrogen and oxygen atoms in total. The number of alkyl halides is 1. The average Bonchev–Trinajstić information content (AvgIpc) is 2.39. The number of piperidine rings is 1. The van der Waals surface area contributed by atoms with Crippen molar-refractivity contribution in [1.82, 2.24) is 4.90 Å². The second kappa shape index (κ2) is 7.65. The Hall–Kier alpha value is -0.0600. The molecule has 1 atom stereocenters. The van der Waals surface area contributed by atoms with Crippen LogP contribution in [0.15, 0.2) is 28.7 Å². The Labute approximate surface area is 132 Å². The fourth-order valence-corrected chi connectivity index (χ4v) is 3.39. The lowest BCUT2D eigenvalue weighted by Gasteiger charge is -2.33. The summed E-state index contributed by atoms with van der Waals surface area (Å²) in [5, 5.41) is 0. The zero-order valence-electron chi connectivity index (χ0n) is 11.3. The van der Waals surface area contributed by atoms with Crippen molar-refractivity contribution in [3.63, 3.8) is 0 Å². The summed E-state index contributed by atoms with van der Waals surface area (Å²) >= 11 is 7.15. The van der Waals surface area contributed by atoms with E-state index in [4.69, 9.17) is 4.74 Å². The maximum absolute atomic E-state index is 5.78. The molecule has 1 aliphatic heterocycles. The molecular weight excluding hydrogens is 370 g/mol. The van der Waals surface area contributed by atoms with Crippen molar-refractivity contribution in [2.75, 3.05) is 26.2 Å². The van der Waals surface area contributed by atoms with Gasteiger partial charge in [0.1, 0.15) is 12.4 Å². The summed E-state index contributed by atoms with van der Waals surface area (Å²) in [7, 11) is 0. The van der Waals surface area contributed by atoms with Crippen molar-refractivity contribution in [1.29, 1.82) is 0 Å². The van der Waals surface area contributed by atoms with Gasteiger partial charge in [-0.2, -0.15) is 0 Å². The average molecular weight is 391 g/mol. The zero-order valence-corrected chi connectivity index (χ0v) is 14.5. The number of rotatable bonds is 5. The van der Waals surface area contributed by atoms with E-state index < -0.39 is 0 Å². The highest BCUT2D eigenvalue weighted by molar-refractivity contribution is 9.10. The van der Waals surface area contributed by atoms with E-state index >= 15 is 0 Å². The summed E-state index contributed by atoms with van der Waals surface area (Å²) in [5.41, 5.74) is 0. The minimum absolute atomic E-state index is 0.646. The normalized spacial score (nSPS) is 19.3. The van der Waals surface area contributed by atoms with Gasteiger partial charge in [0.25, 0.3) is 0 Å². The van der Waals surface area contributed by atoms with E-state index in [0.717, 1.165) is 29.3 Å². The zero-order chi connectivity index (χ0) is 13.7. The van der Waals surface area contributed by atoms with Crippen molar-refractivity contribution in [3.05, 3.63) is 28.7 Å². The smallest absolute Gasteiger partial charge is 0.120 e. The van der Waals surface area contributed by atoms with Gasteiger partial charge in [0.2, 0.25) is 0 Å². The van der Waals surface area contributed by atoms with Crippen LogP contribution in [0.2, 0.25) is 0 Å². The second-order valence-electron chi connectivity index (χ2n) is 5.16. The molecule has 0 aliphatic carbocycles. The van der Waals surface area contributed by atoms with Crippen molar-refractivity contribution in [3.8, 4) is 5.75 Å². The minimum atomic E-state index is 0.646. The van der Waals surface area contributed by atoms with Gasteiger partial charge in [-0.05, 0) is 50.0 Å². The Morgan fingerprint density at radius 3 is 2.74 bits per heavy atom. The van der Waals surface area contributed by atoms with E-state index in [-0.39, 0.29) is 0 Å². The molecule has 1 aliphatic rings. The molecule has 1 aromatic carbocycles. The van der Waals surface area contributed by atoms with Crippen molar-refractivity contribution < 1.29 is 4.74 Å². The summed E-state index contributed by atoms with van der Waals surface area (Å²) in [6.07, 6.45) is 2.59. The third-order valence-corrected chi connectivity index (χ3v) is 5.00. The van der Waals surface area contributed by atoms with E-state index in [1.165, 1.54) is 25.9 Å². The monoisotopic (exact) mass is 389 g/mol. The number of ether oxygens (including phenoxy) is 1. The first-order valence-electron chi connectivity index (χ1n) is 6.90. The highest BCUT2D eigenvalue weighted by Gasteiger charge is 2.21. The first-order valence-corrected chi connectivity index (χ1v) is 8.61. The van der Waals surface area contributed by atoms with Gasteiger partial charge in [0.15, 0.2) is 0 Å². The maximum atomic E-state index is 5.78. The number of likely N-dealkylation sites (tertiary alicyclic amines) is 1. The van der Waals surface area contributed by atoms with Crippen LogP contribution in [0.1, 0.15) is 19.8 Å².